The molecule has 23 heavy (non-hydrogen) atoms. The number of methoxy groups -OCH3 is 1. The van der Waals surface area contributed by atoms with E-state index in [1.54, 1.807) is 6.07 Å². The minimum absolute atomic E-state index is 0.160. The molecule has 0 amide bonds. The average molecular weight is 354 g/mol. The Labute approximate surface area is 142 Å². The highest BCUT2D eigenvalue weighted by molar-refractivity contribution is 7.89. The average Bonchev–Trinajstić information content (AvgIpc) is 2.53. The molecule has 0 unspecified atom stereocenters. The van der Waals surface area contributed by atoms with E-state index in [2.05, 4.69) is 0 Å². The molecule has 0 heterocycles. The Kier molecular flexibility index (Phi) is 5.68. The van der Waals surface area contributed by atoms with Crippen LogP contribution in [0.5, 0.6) is 5.75 Å². The molecule has 6 heteroatoms. The second-order valence-corrected chi connectivity index (χ2v) is 7.72. The summed E-state index contributed by atoms with van der Waals surface area (Å²) in [5.41, 5.74) is 0.935. The van der Waals surface area contributed by atoms with Gasteiger partial charge in [0, 0.05) is 12.6 Å². The van der Waals surface area contributed by atoms with Crippen LogP contribution in [0.3, 0.4) is 0 Å². The van der Waals surface area contributed by atoms with Gasteiger partial charge >= 0.3 is 0 Å². The maximum absolute atomic E-state index is 13.0. The smallest absolute Gasteiger partial charge is 0.243 e. The zero-order valence-electron chi connectivity index (χ0n) is 13.4. The van der Waals surface area contributed by atoms with Crippen molar-refractivity contribution in [3.8, 4) is 5.75 Å². The molecule has 0 aliphatic carbocycles. The summed E-state index contributed by atoms with van der Waals surface area (Å²) in [5, 5.41) is 0.275. The standard InChI is InChI=1S/C17H20ClNO3S/c1-13(2)19(12-14-7-5-4-6-8-14)23(20,21)15-9-10-17(22-3)16(18)11-15/h4-11,13H,12H2,1-3H3. The van der Waals surface area contributed by atoms with Gasteiger partial charge in [-0.2, -0.15) is 4.31 Å². The first-order chi connectivity index (χ1) is 10.9. The molecule has 0 radical (unpaired) electrons. The fraction of sp³-hybridized carbons (Fsp3) is 0.294. The van der Waals surface area contributed by atoms with Gasteiger partial charge in [-0.15, -0.1) is 0 Å². The lowest BCUT2D eigenvalue weighted by Crippen LogP contribution is -2.36. The summed E-state index contributed by atoms with van der Waals surface area (Å²) in [5.74, 6) is 0.449. The van der Waals surface area contributed by atoms with Crippen molar-refractivity contribution in [3.63, 3.8) is 0 Å². The summed E-state index contributed by atoms with van der Waals surface area (Å²) in [6.07, 6.45) is 0. The van der Waals surface area contributed by atoms with Crippen LogP contribution in [0, 0.1) is 0 Å². The Hall–Kier alpha value is -1.56. The molecule has 124 valence electrons. The van der Waals surface area contributed by atoms with Gasteiger partial charge in [0.05, 0.1) is 17.0 Å². The second-order valence-electron chi connectivity index (χ2n) is 5.43. The van der Waals surface area contributed by atoms with E-state index in [4.69, 9.17) is 16.3 Å². The molecule has 0 atom stereocenters. The largest absolute Gasteiger partial charge is 0.495 e. The van der Waals surface area contributed by atoms with Crippen LogP contribution in [-0.2, 0) is 16.6 Å². The topological polar surface area (TPSA) is 46.6 Å². The molecule has 0 fully saturated rings. The van der Waals surface area contributed by atoms with Crippen molar-refractivity contribution in [1.29, 1.82) is 0 Å². The zero-order chi connectivity index (χ0) is 17.0. The van der Waals surface area contributed by atoms with Crippen LogP contribution in [0.2, 0.25) is 5.02 Å². The molecule has 4 nitrogen and oxygen atoms in total. The van der Waals surface area contributed by atoms with Gasteiger partial charge in [0.25, 0.3) is 0 Å². The van der Waals surface area contributed by atoms with E-state index in [1.165, 1.54) is 23.5 Å². The van der Waals surface area contributed by atoms with Crippen LogP contribution < -0.4 is 4.74 Å². The fourth-order valence-corrected chi connectivity index (χ4v) is 4.23. The third kappa shape index (κ3) is 4.05. The summed E-state index contributed by atoms with van der Waals surface area (Å²) < 4.78 is 32.4. The minimum atomic E-state index is -3.65. The van der Waals surface area contributed by atoms with Gasteiger partial charge in [0.2, 0.25) is 10.0 Å². The van der Waals surface area contributed by atoms with Crippen LogP contribution >= 0.6 is 11.6 Å². The molecule has 0 bridgehead atoms. The molecule has 0 spiro atoms. The molecule has 0 aromatic heterocycles. The first kappa shape index (κ1) is 17.8. The lowest BCUT2D eigenvalue weighted by Gasteiger charge is -2.26. The molecule has 0 saturated heterocycles. The van der Waals surface area contributed by atoms with Crippen LogP contribution in [0.4, 0.5) is 0 Å². The number of ether oxygens (including phenoxy) is 1. The highest BCUT2D eigenvalue weighted by Gasteiger charge is 2.27. The molecule has 0 saturated carbocycles. The van der Waals surface area contributed by atoms with E-state index in [1.807, 2.05) is 44.2 Å². The number of sulfonamides is 1. The van der Waals surface area contributed by atoms with Crippen molar-refractivity contribution in [3.05, 3.63) is 59.1 Å². The Balaban J connectivity index is 2.39. The van der Waals surface area contributed by atoms with Gasteiger partial charge in [-0.25, -0.2) is 8.42 Å². The SMILES string of the molecule is COc1ccc(S(=O)(=O)N(Cc2ccccc2)C(C)C)cc1Cl. The van der Waals surface area contributed by atoms with Gasteiger partial charge < -0.3 is 4.74 Å². The Morgan fingerprint density at radius 1 is 1.13 bits per heavy atom. The van der Waals surface area contributed by atoms with Crippen molar-refractivity contribution in [2.45, 2.75) is 31.3 Å². The summed E-state index contributed by atoms with van der Waals surface area (Å²) in [6, 6.07) is 13.8. The van der Waals surface area contributed by atoms with Crippen molar-refractivity contribution < 1.29 is 13.2 Å². The van der Waals surface area contributed by atoms with E-state index in [0.717, 1.165) is 5.56 Å². The first-order valence-electron chi connectivity index (χ1n) is 7.25. The van der Waals surface area contributed by atoms with Crippen molar-refractivity contribution >= 4 is 21.6 Å². The summed E-state index contributed by atoms with van der Waals surface area (Å²) >= 11 is 6.07. The third-order valence-electron chi connectivity index (χ3n) is 3.49. The van der Waals surface area contributed by atoms with Gasteiger partial charge in [-0.05, 0) is 37.6 Å². The van der Waals surface area contributed by atoms with Crippen LogP contribution in [0.1, 0.15) is 19.4 Å². The molecular formula is C17H20ClNO3S. The van der Waals surface area contributed by atoms with Crippen molar-refractivity contribution in [2.24, 2.45) is 0 Å². The number of halogens is 1. The maximum atomic E-state index is 13.0. The Bertz CT molecular complexity index is 761. The molecule has 2 rings (SSSR count). The predicted octanol–water partition coefficient (Wildman–Crippen LogP) is 3.95. The highest BCUT2D eigenvalue weighted by atomic mass is 35.5. The lowest BCUT2D eigenvalue weighted by molar-refractivity contribution is 0.348. The van der Waals surface area contributed by atoms with E-state index < -0.39 is 10.0 Å². The highest BCUT2D eigenvalue weighted by Crippen LogP contribution is 2.29. The van der Waals surface area contributed by atoms with Gasteiger partial charge in [0.15, 0.2) is 0 Å². The van der Waals surface area contributed by atoms with Gasteiger partial charge in [-0.3, -0.25) is 0 Å². The zero-order valence-corrected chi connectivity index (χ0v) is 14.9. The quantitative estimate of drug-likeness (QED) is 0.790. The normalized spacial score (nSPS) is 11.9. The monoisotopic (exact) mass is 353 g/mol. The van der Waals surface area contributed by atoms with E-state index in [0.29, 0.717) is 12.3 Å². The molecule has 0 aliphatic rings. The minimum Gasteiger partial charge on any atom is -0.495 e. The maximum Gasteiger partial charge on any atom is 0.243 e. The summed E-state index contributed by atoms with van der Waals surface area (Å²) in [6.45, 7) is 4.02. The number of rotatable bonds is 6. The summed E-state index contributed by atoms with van der Waals surface area (Å²) in [4.78, 5) is 0.160. The van der Waals surface area contributed by atoms with Crippen LogP contribution in [0.15, 0.2) is 53.4 Å². The number of benzene rings is 2. The molecule has 2 aromatic rings. The molecule has 0 aliphatic heterocycles. The molecular weight excluding hydrogens is 334 g/mol. The van der Waals surface area contributed by atoms with Crippen LogP contribution in [0.25, 0.3) is 0 Å². The molecule has 2 aromatic carbocycles. The number of hydrogen-bond acceptors (Lipinski definition) is 3. The third-order valence-corrected chi connectivity index (χ3v) is 5.80. The first-order valence-corrected chi connectivity index (χ1v) is 9.07. The number of hydrogen-bond donors (Lipinski definition) is 0. The fourth-order valence-electron chi connectivity index (χ4n) is 2.25. The lowest BCUT2D eigenvalue weighted by atomic mass is 10.2. The van der Waals surface area contributed by atoms with Crippen molar-refractivity contribution in [1.82, 2.24) is 4.31 Å². The van der Waals surface area contributed by atoms with Gasteiger partial charge in [-0.1, -0.05) is 41.9 Å². The predicted molar refractivity (Wildman–Crippen MR) is 92.3 cm³/mol. The summed E-state index contributed by atoms with van der Waals surface area (Å²) in [7, 11) is -2.16. The second kappa shape index (κ2) is 7.34. The van der Waals surface area contributed by atoms with Crippen LogP contribution in [-0.4, -0.2) is 25.9 Å². The van der Waals surface area contributed by atoms with E-state index in [9.17, 15) is 8.42 Å². The van der Waals surface area contributed by atoms with E-state index >= 15 is 0 Å². The van der Waals surface area contributed by atoms with E-state index in [-0.39, 0.29) is 16.0 Å². The van der Waals surface area contributed by atoms with Gasteiger partial charge in [0.1, 0.15) is 5.75 Å². The number of nitrogens with zero attached hydrogens (tertiary/aromatic N) is 1. The Morgan fingerprint density at radius 2 is 1.78 bits per heavy atom. The Morgan fingerprint density at radius 3 is 2.30 bits per heavy atom. The van der Waals surface area contributed by atoms with Crippen molar-refractivity contribution in [2.75, 3.05) is 7.11 Å². The molecule has 0 N–H and O–H groups in total.